The molecule has 9 heteroatoms. The summed E-state index contributed by atoms with van der Waals surface area (Å²) in [6, 6.07) is 15.2. The number of halogens is 5. The number of nitrogens with one attached hydrogen (secondary N) is 1. The van der Waals surface area contributed by atoms with Gasteiger partial charge in [-0.2, -0.15) is 13.2 Å². The summed E-state index contributed by atoms with van der Waals surface area (Å²) in [7, 11) is 0. The molecule has 3 aromatic carbocycles. The van der Waals surface area contributed by atoms with E-state index in [1.807, 2.05) is 31.2 Å². The Balaban J connectivity index is 1.82. The number of thiazole rings is 1. The average Bonchev–Trinajstić information content (AvgIpc) is 3.25. The maximum Gasteiger partial charge on any atom is 0.434 e. The highest BCUT2D eigenvalue weighted by molar-refractivity contribution is 7.13. The fraction of sp³-hybridized carbons (Fsp3) is 0.0833. The predicted molar refractivity (Wildman–Crippen MR) is 117 cm³/mol. The molecule has 0 radical (unpaired) electrons. The van der Waals surface area contributed by atoms with E-state index in [2.05, 4.69) is 10.3 Å². The lowest BCUT2D eigenvalue weighted by molar-refractivity contribution is -0.140. The van der Waals surface area contributed by atoms with Gasteiger partial charge in [-0.15, -0.1) is 11.3 Å². The summed E-state index contributed by atoms with van der Waals surface area (Å²) < 4.78 is 67.5. The van der Waals surface area contributed by atoms with Crippen molar-refractivity contribution in [2.24, 2.45) is 0 Å². The second-order valence-corrected chi connectivity index (χ2v) is 8.02. The number of benzene rings is 3. The Bertz CT molecular complexity index is 1330. The molecule has 1 aromatic heterocycles. The Morgan fingerprint density at radius 2 is 1.64 bits per heavy atom. The molecule has 33 heavy (non-hydrogen) atoms. The van der Waals surface area contributed by atoms with Gasteiger partial charge in [0.15, 0.2) is 5.69 Å². The third-order valence-electron chi connectivity index (χ3n) is 4.94. The van der Waals surface area contributed by atoms with Gasteiger partial charge in [0.1, 0.15) is 22.2 Å². The minimum Gasteiger partial charge on any atom is -0.321 e. The number of anilines is 1. The zero-order valence-corrected chi connectivity index (χ0v) is 17.8. The molecular formula is C24H15F5N2OS. The molecule has 168 valence electrons. The number of hydrogen-bond acceptors (Lipinski definition) is 3. The quantitative estimate of drug-likeness (QED) is 0.315. The summed E-state index contributed by atoms with van der Waals surface area (Å²) in [5, 5.41) is 3.29. The molecule has 0 atom stereocenters. The predicted octanol–water partition coefficient (Wildman–Crippen LogP) is 7.33. The van der Waals surface area contributed by atoms with E-state index in [-0.39, 0.29) is 16.3 Å². The number of rotatable bonds is 4. The van der Waals surface area contributed by atoms with Crippen molar-refractivity contribution in [1.29, 1.82) is 0 Å². The van der Waals surface area contributed by atoms with E-state index in [1.54, 1.807) is 12.1 Å². The van der Waals surface area contributed by atoms with Gasteiger partial charge in [-0.25, -0.2) is 13.8 Å². The molecule has 3 nitrogen and oxygen atoms in total. The first kappa shape index (κ1) is 22.6. The molecule has 0 bridgehead atoms. The monoisotopic (exact) mass is 474 g/mol. The van der Waals surface area contributed by atoms with Crippen molar-refractivity contribution >= 4 is 22.9 Å². The fourth-order valence-corrected chi connectivity index (χ4v) is 4.18. The number of hydrogen-bond donors (Lipinski definition) is 1. The Morgan fingerprint density at radius 3 is 2.27 bits per heavy atom. The van der Waals surface area contributed by atoms with Gasteiger partial charge in [0.25, 0.3) is 5.91 Å². The molecule has 0 saturated heterocycles. The van der Waals surface area contributed by atoms with Crippen molar-refractivity contribution in [2.75, 3.05) is 5.32 Å². The van der Waals surface area contributed by atoms with Crippen LogP contribution < -0.4 is 5.32 Å². The molecule has 1 heterocycles. The van der Waals surface area contributed by atoms with Crippen LogP contribution in [0, 0.1) is 18.6 Å². The molecule has 0 saturated carbocycles. The van der Waals surface area contributed by atoms with E-state index in [0.717, 1.165) is 46.0 Å². The van der Waals surface area contributed by atoms with Crippen molar-refractivity contribution in [1.82, 2.24) is 4.98 Å². The van der Waals surface area contributed by atoms with E-state index < -0.39 is 35.0 Å². The summed E-state index contributed by atoms with van der Waals surface area (Å²) in [6.07, 6.45) is -4.64. The van der Waals surface area contributed by atoms with Crippen LogP contribution in [0.3, 0.4) is 0 Å². The van der Waals surface area contributed by atoms with Gasteiger partial charge in [-0.1, -0.05) is 36.4 Å². The summed E-state index contributed by atoms with van der Waals surface area (Å²) >= 11 is 0.750. The van der Waals surface area contributed by atoms with E-state index in [1.165, 1.54) is 6.07 Å². The lowest BCUT2D eigenvalue weighted by Crippen LogP contribution is -2.16. The van der Waals surface area contributed by atoms with Crippen molar-refractivity contribution in [3.8, 4) is 21.7 Å². The van der Waals surface area contributed by atoms with Gasteiger partial charge in [0, 0.05) is 10.9 Å². The van der Waals surface area contributed by atoms with Crippen LogP contribution in [-0.4, -0.2) is 10.9 Å². The van der Waals surface area contributed by atoms with Gasteiger partial charge in [-0.05, 0) is 47.9 Å². The number of aromatic nitrogens is 1. The van der Waals surface area contributed by atoms with Gasteiger partial charge < -0.3 is 5.32 Å². The smallest absolute Gasteiger partial charge is 0.321 e. The second kappa shape index (κ2) is 8.74. The molecular weight excluding hydrogens is 459 g/mol. The third kappa shape index (κ3) is 4.63. The number of aryl methyl sites for hydroxylation is 1. The molecule has 0 spiro atoms. The summed E-state index contributed by atoms with van der Waals surface area (Å²) in [6.45, 7) is 1.89. The molecule has 1 amide bonds. The van der Waals surface area contributed by atoms with Crippen LogP contribution in [0.1, 0.15) is 21.6 Å². The summed E-state index contributed by atoms with van der Waals surface area (Å²) in [4.78, 5) is 16.3. The molecule has 0 unspecified atom stereocenters. The highest BCUT2D eigenvalue weighted by atomic mass is 32.1. The minimum atomic E-state index is -4.64. The lowest BCUT2D eigenvalue weighted by Gasteiger charge is -2.14. The SMILES string of the molecule is Cc1ccccc1-c1ccc(NC(=O)c2c(F)cccc2F)c(-c2nc(C(F)(F)F)cs2)c1. The second-order valence-electron chi connectivity index (χ2n) is 7.16. The topological polar surface area (TPSA) is 42.0 Å². The van der Waals surface area contributed by atoms with Gasteiger partial charge in [0.05, 0.1) is 5.69 Å². The summed E-state index contributed by atoms with van der Waals surface area (Å²) in [5.74, 6) is -3.18. The fourth-order valence-electron chi connectivity index (χ4n) is 3.32. The number of carbonyl (C=O) groups excluding carboxylic acids is 1. The molecule has 4 aromatic rings. The van der Waals surface area contributed by atoms with Crippen LogP contribution in [0.4, 0.5) is 27.6 Å². The van der Waals surface area contributed by atoms with Crippen LogP contribution >= 0.6 is 11.3 Å². The lowest BCUT2D eigenvalue weighted by atomic mass is 9.98. The molecule has 4 rings (SSSR count). The number of carbonyl (C=O) groups is 1. The Labute approximate surface area is 189 Å². The summed E-state index contributed by atoms with van der Waals surface area (Å²) in [5.41, 5.74) is 0.863. The highest BCUT2D eigenvalue weighted by Crippen LogP contribution is 2.38. The zero-order chi connectivity index (χ0) is 23.8. The number of nitrogens with zero attached hydrogens (tertiary/aromatic N) is 1. The third-order valence-corrected chi connectivity index (χ3v) is 5.81. The molecule has 1 N–H and O–H groups in total. The maximum atomic E-state index is 14.1. The van der Waals surface area contributed by atoms with Gasteiger partial charge >= 0.3 is 6.18 Å². The first-order valence-corrected chi connectivity index (χ1v) is 10.5. The Hall–Kier alpha value is -3.59. The van der Waals surface area contributed by atoms with Gasteiger partial charge in [0.2, 0.25) is 0 Å². The highest BCUT2D eigenvalue weighted by Gasteiger charge is 2.34. The van der Waals surface area contributed by atoms with Crippen molar-refractivity contribution in [3.05, 3.63) is 94.5 Å². The van der Waals surface area contributed by atoms with Crippen LogP contribution in [-0.2, 0) is 6.18 Å². The van der Waals surface area contributed by atoms with Crippen LogP contribution in [0.2, 0.25) is 0 Å². The average molecular weight is 474 g/mol. The molecule has 0 fully saturated rings. The first-order valence-electron chi connectivity index (χ1n) is 9.63. The Morgan fingerprint density at radius 1 is 0.939 bits per heavy atom. The normalized spacial score (nSPS) is 11.5. The molecule has 0 aliphatic rings. The molecule has 0 aliphatic carbocycles. The first-order chi connectivity index (χ1) is 15.6. The van der Waals surface area contributed by atoms with Crippen LogP contribution in [0.5, 0.6) is 0 Å². The van der Waals surface area contributed by atoms with Crippen molar-refractivity contribution < 1.29 is 26.7 Å². The van der Waals surface area contributed by atoms with Gasteiger partial charge in [-0.3, -0.25) is 4.79 Å². The van der Waals surface area contributed by atoms with Crippen LogP contribution in [0.25, 0.3) is 21.7 Å². The number of alkyl halides is 3. The van der Waals surface area contributed by atoms with E-state index >= 15 is 0 Å². The van der Waals surface area contributed by atoms with Crippen LogP contribution in [0.15, 0.2) is 66.0 Å². The zero-order valence-electron chi connectivity index (χ0n) is 17.0. The van der Waals surface area contributed by atoms with Crippen molar-refractivity contribution in [2.45, 2.75) is 13.1 Å². The van der Waals surface area contributed by atoms with Crippen molar-refractivity contribution in [3.63, 3.8) is 0 Å². The van der Waals surface area contributed by atoms with E-state index in [0.29, 0.717) is 5.56 Å². The molecule has 0 aliphatic heterocycles. The maximum absolute atomic E-state index is 14.1. The number of amides is 1. The van der Waals surface area contributed by atoms with E-state index in [9.17, 15) is 26.7 Å². The Kier molecular flexibility index (Phi) is 5.99. The standard InChI is InChI=1S/C24H15F5N2OS/c1-13-5-2-3-6-15(13)14-9-10-19(30-22(32)21-17(25)7-4-8-18(21)26)16(11-14)23-31-20(12-33-23)24(27,28)29/h2-12H,1H3,(H,30,32). The van der Waals surface area contributed by atoms with E-state index in [4.69, 9.17) is 0 Å². The minimum absolute atomic E-state index is 0.00191. The largest absolute Gasteiger partial charge is 0.434 e.